The van der Waals surface area contributed by atoms with Gasteiger partial charge in [-0.15, -0.1) is 0 Å². The number of hydrogen-bond acceptors (Lipinski definition) is 3. The summed E-state index contributed by atoms with van der Waals surface area (Å²) in [5.41, 5.74) is 3.21. The molecular formula is C17H23N3O. The SMILES string of the molecule is CCc1cc(N(C)CC(C)C(=O)NC)c2ccccc2n1. The second-order valence-corrected chi connectivity index (χ2v) is 5.40. The third-order valence-corrected chi connectivity index (χ3v) is 3.76. The number of aromatic nitrogens is 1. The molecule has 0 radical (unpaired) electrons. The average molecular weight is 285 g/mol. The van der Waals surface area contributed by atoms with Crippen molar-refractivity contribution in [3.63, 3.8) is 0 Å². The van der Waals surface area contributed by atoms with Gasteiger partial charge in [0.15, 0.2) is 0 Å². The zero-order valence-electron chi connectivity index (χ0n) is 13.2. The number of amides is 1. The maximum atomic E-state index is 11.7. The van der Waals surface area contributed by atoms with Crippen molar-refractivity contribution in [3.8, 4) is 0 Å². The first kappa shape index (κ1) is 15.3. The van der Waals surface area contributed by atoms with Crippen molar-refractivity contribution < 1.29 is 4.79 Å². The van der Waals surface area contributed by atoms with Crippen molar-refractivity contribution in [1.82, 2.24) is 10.3 Å². The van der Waals surface area contributed by atoms with Crippen molar-refractivity contribution in [2.24, 2.45) is 5.92 Å². The van der Waals surface area contributed by atoms with Crippen LogP contribution in [0, 0.1) is 5.92 Å². The van der Waals surface area contributed by atoms with E-state index in [2.05, 4.69) is 34.3 Å². The molecule has 1 amide bonds. The molecule has 1 atom stereocenters. The van der Waals surface area contributed by atoms with Gasteiger partial charge in [0.1, 0.15) is 0 Å². The normalized spacial score (nSPS) is 12.2. The molecule has 0 spiro atoms. The van der Waals surface area contributed by atoms with Gasteiger partial charge < -0.3 is 10.2 Å². The van der Waals surface area contributed by atoms with Crippen LogP contribution in [0.5, 0.6) is 0 Å². The maximum Gasteiger partial charge on any atom is 0.224 e. The zero-order valence-corrected chi connectivity index (χ0v) is 13.2. The number of nitrogens with one attached hydrogen (secondary N) is 1. The number of para-hydroxylation sites is 1. The van der Waals surface area contributed by atoms with E-state index in [-0.39, 0.29) is 11.8 Å². The predicted molar refractivity (Wildman–Crippen MR) is 87.6 cm³/mol. The van der Waals surface area contributed by atoms with Gasteiger partial charge >= 0.3 is 0 Å². The molecule has 4 nitrogen and oxygen atoms in total. The van der Waals surface area contributed by atoms with Crippen LogP contribution in [0.15, 0.2) is 30.3 Å². The molecule has 0 aliphatic carbocycles. The Hall–Kier alpha value is -2.10. The number of carbonyl (C=O) groups is 1. The smallest absolute Gasteiger partial charge is 0.224 e. The third-order valence-electron chi connectivity index (χ3n) is 3.76. The molecule has 2 aromatic rings. The Kier molecular flexibility index (Phi) is 4.78. The van der Waals surface area contributed by atoms with Crippen LogP contribution < -0.4 is 10.2 Å². The van der Waals surface area contributed by atoms with E-state index in [1.807, 2.05) is 32.2 Å². The van der Waals surface area contributed by atoms with Gasteiger partial charge in [0.2, 0.25) is 5.91 Å². The number of aryl methyl sites for hydroxylation is 1. The Morgan fingerprint density at radius 1 is 1.38 bits per heavy atom. The molecular weight excluding hydrogens is 262 g/mol. The standard InChI is InChI=1S/C17H23N3O/c1-5-13-10-16(14-8-6-7-9-15(14)19-13)20(4)11-12(2)17(21)18-3/h6-10,12H,5,11H2,1-4H3,(H,18,21). The van der Waals surface area contributed by atoms with Crippen LogP contribution in [0.25, 0.3) is 10.9 Å². The molecule has 1 aromatic heterocycles. The zero-order chi connectivity index (χ0) is 15.4. The van der Waals surface area contributed by atoms with E-state index < -0.39 is 0 Å². The monoisotopic (exact) mass is 285 g/mol. The number of benzene rings is 1. The third kappa shape index (κ3) is 3.32. The first-order valence-corrected chi connectivity index (χ1v) is 7.38. The van der Waals surface area contributed by atoms with Gasteiger partial charge in [-0.2, -0.15) is 0 Å². The van der Waals surface area contributed by atoms with Crippen molar-refractivity contribution in [2.45, 2.75) is 20.3 Å². The first-order chi connectivity index (χ1) is 10.1. The van der Waals surface area contributed by atoms with Gasteiger partial charge in [-0.3, -0.25) is 9.78 Å². The van der Waals surface area contributed by atoms with Crippen LogP contribution in [0.4, 0.5) is 5.69 Å². The lowest BCUT2D eigenvalue weighted by Gasteiger charge is -2.24. The topological polar surface area (TPSA) is 45.2 Å². The maximum absolute atomic E-state index is 11.7. The quantitative estimate of drug-likeness (QED) is 0.918. The number of nitrogens with zero attached hydrogens (tertiary/aromatic N) is 2. The molecule has 2 rings (SSSR count). The highest BCUT2D eigenvalue weighted by atomic mass is 16.1. The Labute approximate surface area is 126 Å². The summed E-state index contributed by atoms with van der Waals surface area (Å²) in [6.45, 7) is 4.73. The minimum atomic E-state index is -0.0583. The van der Waals surface area contributed by atoms with Crippen molar-refractivity contribution in [3.05, 3.63) is 36.0 Å². The van der Waals surface area contributed by atoms with E-state index in [4.69, 9.17) is 0 Å². The highest BCUT2D eigenvalue weighted by molar-refractivity contribution is 5.92. The fourth-order valence-electron chi connectivity index (χ4n) is 2.55. The van der Waals surface area contributed by atoms with Crippen LogP contribution in [0.3, 0.4) is 0 Å². The van der Waals surface area contributed by atoms with Crippen LogP contribution in [0.2, 0.25) is 0 Å². The summed E-state index contributed by atoms with van der Waals surface area (Å²) < 4.78 is 0. The summed E-state index contributed by atoms with van der Waals surface area (Å²) in [5, 5.41) is 3.83. The number of pyridine rings is 1. The average Bonchev–Trinajstić information content (AvgIpc) is 2.52. The molecule has 1 heterocycles. The largest absolute Gasteiger partial charge is 0.373 e. The van der Waals surface area contributed by atoms with Gasteiger partial charge in [-0.1, -0.05) is 32.0 Å². The molecule has 1 unspecified atom stereocenters. The number of rotatable bonds is 5. The van der Waals surface area contributed by atoms with Gasteiger partial charge in [-0.05, 0) is 18.6 Å². The molecule has 4 heteroatoms. The molecule has 1 N–H and O–H groups in total. The Bertz CT molecular complexity index is 639. The van der Waals surface area contributed by atoms with Crippen molar-refractivity contribution in [1.29, 1.82) is 0 Å². The minimum absolute atomic E-state index is 0.0583. The molecule has 0 aliphatic heterocycles. The summed E-state index contributed by atoms with van der Waals surface area (Å²) in [6.07, 6.45) is 0.899. The van der Waals surface area contributed by atoms with Crippen LogP contribution >= 0.6 is 0 Å². The Morgan fingerprint density at radius 3 is 2.76 bits per heavy atom. The van der Waals surface area contributed by atoms with Gasteiger partial charge in [0.05, 0.1) is 11.4 Å². The lowest BCUT2D eigenvalue weighted by molar-refractivity contribution is -0.123. The summed E-state index contributed by atoms with van der Waals surface area (Å²) in [4.78, 5) is 18.5. The number of hydrogen-bond donors (Lipinski definition) is 1. The fourth-order valence-corrected chi connectivity index (χ4v) is 2.55. The molecule has 0 saturated heterocycles. The molecule has 21 heavy (non-hydrogen) atoms. The summed E-state index contributed by atoms with van der Waals surface area (Å²) in [6, 6.07) is 10.3. The van der Waals surface area contributed by atoms with Crippen molar-refractivity contribution >= 4 is 22.5 Å². The van der Waals surface area contributed by atoms with Crippen LogP contribution in [0.1, 0.15) is 19.5 Å². The van der Waals surface area contributed by atoms with Crippen LogP contribution in [-0.4, -0.2) is 31.5 Å². The first-order valence-electron chi connectivity index (χ1n) is 7.38. The van der Waals surface area contributed by atoms with Crippen LogP contribution in [-0.2, 0) is 11.2 Å². The predicted octanol–water partition coefficient (Wildman–Crippen LogP) is 2.62. The second-order valence-electron chi connectivity index (χ2n) is 5.40. The van der Waals surface area contributed by atoms with E-state index in [1.54, 1.807) is 7.05 Å². The summed E-state index contributed by atoms with van der Waals surface area (Å²) in [7, 11) is 3.70. The van der Waals surface area contributed by atoms with E-state index in [9.17, 15) is 4.79 Å². The lowest BCUT2D eigenvalue weighted by atomic mass is 10.1. The summed E-state index contributed by atoms with van der Waals surface area (Å²) >= 11 is 0. The van der Waals surface area contributed by atoms with E-state index in [0.717, 1.165) is 28.7 Å². The van der Waals surface area contributed by atoms with Gasteiger partial charge in [0, 0.05) is 37.4 Å². The van der Waals surface area contributed by atoms with E-state index in [1.165, 1.54) is 0 Å². The second kappa shape index (κ2) is 6.57. The Balaban J connectivity index is 2.37. The lowest BCUT2D eigenvalue weighted by Crippen LogP contribution is -2.34. The molecule has 112 valence electrons. The molecule has 0 fully saturated rings. The van der Waals surface area contributed by atoms with Gasteiger partial charge in [0.25, 0.3) is 0 Å². The van der Waals surface area contributed by atoms with E-state index >= 15 is 0 Å². The van der Waals surface area contributed by atoms with Crippen molar-refractivity contribution in [2.75, 3.05) is 25.5 Å². The molecule has 1 aromatic carbocycles. The molecule has 0 aliphatic rings. The Morgan fingerprint density at radius 2 is 2.10 bits per heavy atom. The number of carbonyl (C=O) groups excluding carboxylic acids is 1. The highest BCUT2D eigenvalue weighted by Crippen LogP contribution is 2.26. The van der Waals surface area contributed by atoms with E-state index in [0.29, 0.717) is 6.54 Å². The minimum Gasteiger partial charge on any atom is -0.373 e. The number of fused-ring (bicyclic) bond motifs is 1. The highest BCUT2D eigenvalue weighted by Gasteiger charge is 2.16. The fraction of sp³-hybridized carbons (Fsp3) is 0.412. The molecule has 0 saturated carbocycles. The number of anilines is 1. The summed E-state index contributed by atoms with van der Waals surface area (Å²) in [5.74, 6) is 0.00734. The molecule has 0 bridgehead atoms. The van der Waals surface area contributed by atoms with Gasteiger partial charge in [-0.25, -0.2) is 0 Å².